The van der Waals surface area contributed by atoms with Gasteiger partial charge in [0.25, 0.3) is 0 Å². The molecule has 1 aromatic rings. The second kappa shape index (κ2) is 7.77. The number of hydrogen-bond acceptors (Lipinski definition) is 5. The Labute approximate surface area is 151 Å². The number of hydrogen-bond donors (Lipinski definition) is 0. The van der Waals surface area contributed by atoms with Crippen molar-refractivity contribution in [2.75, 3.05) is 0 Å². The van der Waals surface area contributed by atoms with E-state index in [0.29, 0.717) is 4.88 Å². The second-order valence-electron chi connectivity index (χ2n) is 4.08. The average molecular weight is 292 g/mol. The molecule has 1 heterocycles. The topological polar surface area (TPSA) is 80.3 Å². The van der Waals surface area contributed by atoms with Gasteiger partial charge in [-0.05, 0) is 22.6 Å². The molecule has 84 valence electrons. The van der Waals surface area contributed by atoms with Gasteiger partial charge in [-0.3, -0.25) is 4.21 Å². The molecule has 0 saturated carbocycles. The molecule has 0 aliphatic heterocycles. The molecule has 0 N–H and O–H groups in total. The molecule has 0 aliphatic rings. The van der Waals surface area contributed by atoms with E-state index in [1.807, 2.05) is 20.8 Å². The van der Waals surface area contributed by atoms with Gasteiger partial charge in [0.1, 0.15) is 0 Å². The predicted molar refractivity (Wildman–Crippen MR) is 54.5 cm³/mol. The van der Waals surface area contributed by atoms with Crippen LogP contribution in [0.25, 0.3) is 0 Å². The third-order valence-corrected chi connectivity index (χ3v) is 4.11. The van der Waals surface area contributed by atoms with Crippen LogP contribution in [0.5, 0.6) is 0 Å². The van der Waals surface area contributed by atoms with Gasteiger partial charge in [0.2, 0.25) is 0 Å². The van der Waals surface area contributed by atoms with E-state index < -0.39 is 22.5 Å². The minimum atomic E-state index is -2.41. The van der Waals surface area contributed by atoms with Crippen molar-refractivity contribution in [2.45, 2.75) is 31.1 Å². The summed E-state index contributed by atoms with van der Waals surface area (Å²) < 4.78 is 21.8. The van der Waals surface area contributed by atoms with Crippen LogP contribution in [0.3, 0.4) is 0 Å². The van der Waals surface area contributed by atoms with Crippen LogP contribution in [0.4, 0.5) is 0 Å². The van der Waals surface area contributed by atoms with Crippen molar-refractivity contribution in [1.82, 2.24) is 0 Å². The van der Waals surface area contributed by atoms with Crippen LogP contribution >= 0.6 is 11.3 Å². The first-order chi connectivity index (χ1) is 6.73. The number of aromatic carboxylic acids is 1. The molecule has 0 amide bonds. The van der Waals surface area contributed by atoms with E-state index >= 15 is 0 Å². The standard InChI is InChI=1S/C9H12O4S2.2Na/c1-9(2,3)7-6(15(12)13)4-5(14-7)8(10)11;;/h4H,1-3H3,(H,10,11)(H,12,13);;/q;2*+1/p-2. The number of carboxylic acid groups (broad SMARTS) is 1. The van der Waals surface area contributed by atoms with Gasteiger partial charge < -0.3 is 14.5 Å². The summed E-state index contributed by atoms with van der Waals surface area (Å²) in [6, 6.07) is 1.14. The normalized spacial score (nSPS) is 12.2. The molecule has 0 spiro atoms. The van der Waals surface area contributed by atoms with Gasteiger partial charge in [0.05, 0.1) is 10.8 Å². The Morgan fingerprint density at radius 1 is 1.35 bits per heavy atom. The van der Waals surface area contributed by atoms with Crippen LogP contribution in [-0.4, -0.2) is 14.7 Å². The Morgan fingerprint density at radius 2 is 1.82 bits per heavy atom. The maximum atomic E-state index is 10.9. The minimum absolute atomic E-state index is 0. The van der Waals surface area contributed by atoms with E-state index in [-0.39, 0.29) is 68.9 Å². The molecule has 0 saturated heterocycles. The summed E-state index contributed by atoms with van der Waals surface area (Å²) in [4.78, 5) is 11.1. The van der Waals surface area contributed by atoms with Crippen molar-refractivity contribution in [3.8, 4) is 0 Å². The summed E-state index contributed by atoms with van der Waals surface area (Å²) in [5.74, 6) is -1.35. The van der Waals surface area contributed by atoms with Crippen molar-refractivity contribution in [3.05, 3.63) is 15.8 Å². The zero-order valence-corrected chi connectivity index (χ0v) is 16.2. The van der Waals surface area contributed by atoms with Crippen molar-refractivity contribution >= 4 is 28.4 Å². The van der Waals surface area contributed by atoms with Gasteiger partial charge in [0, 0.05) is 9.77 Å². The second-order valence-corrected chi connectivity index (χ2v) is 6.04. The van der Waals surface area contributed by atoms with E-state index in [1.165, 1.54) is 0 Å². The largest absolute Gasteiger partial charge is 1.00 e. The monoisotopic (exact) mass is 292 g/mol. The van der Waals surface area contributed by atoms with E-state index in [0.717, 1.165) is 17.4 Å². The molecule has 0 aliphatic carbocycles. The fraction of sp³-hybridized carbons (Fsp3) is 0.444. The zero-order chi connectivity index (χ0) is 11.8. The smallest absolute Gasteiger partial charge is 0.768 e. The van der Waals surface area contributed by atoms with E-state index in [4.69, 9.17) is 0 Å². The molecule has 4 nitrogen and oxygen atoms in total. The first kappa shape index (κ1) is 20.6. The fourth-order valence-electron chi connectivity index (χ4n) is 1.12. The molecule has 1 atom stereocenters. The summed E-state index contributed by atoms with van der Waals surface area (Å²) in [7, 11) is 0. The third-order valence-electron chi connectivity index (χ3n) is 1.76. The summed E-state index contributed by atoms with van der Waals surface area (Å²) in [5.41, 5.74) is -0.395. The summed E-state index contributed by atoms with van der Waals surface area (Å²) in [6.07, 6.45) is 0. The molecule has 0 fully saturated rings. The van der Waals surface area contributed by atoms with Crippen molar-refractivity contribution in [3.63, 3.8) is 0 Å². The SMILES string of the molecule is CC(C)(C)c1sc(C(=O)[O-])cc1S(=O)[O-].[Na+].[Na+]. The Bertz CT molecular complexity index is 423. The van der Waals surface area contributed by atoms with Crippen LogP contribution in [-0.2, 0) is 16.5 Å². The molecule has 1 unspecified atom stereocenters. The number of carbonyl (C=O) groups excluding carboxylic acids is 1. The van der Waals surface area contributed by atoms with Crippen LogP contribution in [0.15, 0.2) is 11.0 Å². The zero-order valence-electron chi connectivity index (χ0n) is 10.5. The molecule has 8 heteroatoms. The van der Waals surface area contributed by atoms with Crippen LogP contribution in [0.1, 0.15) is 35.3 Å². The molecule has 0 radical (unpaired) electrons. The maximum absolute atomic E-state index is 10.9. The number of thiophene rings is 1. The van der Waals surface area contributed by atoms with Crippen LogP contribution in [0.2, 0.25) is 0 Å². The Hall–Kier alpha value is 1.28. The minimum Gasteiger partial charge on any atom is -0.768 e. The third kappa shape index (κ3) is 5.42. The van der Waals surface area contributed by atoms with E-state index in [1.54, 1.807) is 0 Å². The van der Waals surface area contributed by atoms with Crippen LogP contribution in [0, 0.1) is 0 Å². The van der Waals surface area contributed by atoms with Gasteiger partial charge in [-0.25, -0.2) is 0 Å². The first-order valence-electron chi connectivity index (χ1n) is 4.18. The summed E-state index contributed by atoms with van der Waals surface area (Å²) in [5, 5.41) is 10.6. The number of rotatable bonds is 2. The summed E-state index contributed by atoms with van der Waals surface area (Å²) in [6.45, 7) is 5.48. The number of carbonyl (C=O) groups is 1. The van der Waals surface area contributed by atoms with E-state index in [9.17, 15) is 18.7 Å². The predicted octanol–water partition coefficient (Wildman–Crippen LogP) is -5.34. The van der Waals surface area contributed by atoms with E-state index in [2.05, 4.69) is 0 Å². The van der Waals surface area contributed by atoms with Crippen molar-refractivity contribution in [2.24, 2.45) is 0 Å². The Kier molecular flexibility index (Phi) is 9.41. The Balaban J connectivity index is 0. The van der Waals surface area contributed by atoms with Crippen LogP contribution < -0.4 is 64.2 Å². The Morgan fingerprint density at radius 3 is 2.06 bits per heavy atom. The molecule has 17 heavy (non-hydrogen) atoms. The average Bonchev–Trinajstić information content (AvgIpc) is 2.45. The molecule has 1 rings (SSSR count). The van der Waals surface area contributed by atoms with Gasteiger partial charge >= 0.3 is 59.1 Å². The molecule has 1 aromatic heterocycles. The van der Waals surface area contributed by atoms with Crippen molar-refractivity contribution in [1.29, 1.82) is 0 Å². The maximum Gasteiger partial charge on any atom is 1.00 e. The fourth-order valence-corrected chi connectivity index (χ4v) is 3.14. The van der Waals surface area contributed by atoms with Crippen molar-refractivity contribution < 1.29 is 77.8 Å². The molecular weight excluding hydrogens is 282 g/mol. The van der Waals surface area contributed by atoms with Gasteiger partial charge in [-0.1, -0.05) is 20.8 Å². The first-order valence-corrected chi connectivity index (χ1v) is 6.07. The molecular formula is C9H10Na2O4S2. The van der Waals surface area contributed by atoms with Gasteiger partial charge in [-0.15, -0.1) is 11.3 Å². The van der Waals surface area contributed by atoms with Gasteiger partial charge in [0.15, 0.2) is 0 Å². The number of carboxylic acids is 1. The molecule has 0 aromatic carbocycles. The summed E-state index contributed by atoms with van der Waals surface area (Å²) >= 11 is -1.47. The molecule has 0 bridgehead atoms. The quantitative estimate of drug-likeness (QED) is 0.403. The van der Waals surface area contributed by atoms with Gasteiger partial charge in [-0.2, -0.15) is 0 Å².